The molecular weight excluding hydrogens is 230 g/mol. The minimum atomic E-state index is -0.381. The number of likely N-dealkylation sites (tertiary alicyclic amines) is 1. The van der Waals surface area contributed by atoms with Gasteiger partial charge in [0.2, 0.25) is 5.91 Å². The third kappa shape index (κ3) is 2.90. The molecule has 1 aliphatic heterocycles. The van der Waals surface area contributed by atoms with Crippen LogP contribution in [0.5, 0.6) is 5.75 Å². The van der Waals surface area contributed by atoms with Gasteiger partial charge in [-0.05, 0) is 18.6 Å². The van der Waals surface area contributed by atoms with Crippen LogP contribution in [0.4, 0.5) is 0 Å². The van der Waals surface area contributed by atoms with Gasteiger partial charge in [0.1, 0.15) is 5.75 Å². The number of carbonyl (C=O) groups excluding carboxylic acids is 1. The number of ether oxygens (including phenoxy) is 1. The number of methoxy groups -OCH3 is 1. The van der Waals surface area contributed by atoms with Crippen LogP contribution >= 0.6 is 0 Å². The van der Waals surface area contributed by atoms with E-state index in [4.69, 9.17) is 4.74 Å². The van der Waals surface area contributed by atoms with E-state index < -0.39 is 0 Å². The second-order valence-electron chi connectivity index (χ2n) is 4.30. The molecule has 0 aliphatic carbocycles. The maximum atomic E-state index is 11.9. The smallest absolute Gasteiger partial charge is 0.246 e. The Bertz CT molecular complexity index is 456. The molecule has 0 radical (unpaired) electrons. The van der Waals surface area contributed by atoms with Crippen LogP contribution < -0.4 is 4.74 Å². The number of hydrogen-bond donors (Lipinski definition) is 1. The third-order valence-corrected chi connectivity index (χ3v) is 3.02. The van der Waals surface area contributed by atoms with E-state index >= 15 is 0 Å². The number of aliphatic hydroxyl groups is 1. The molecule has 1 aliphatic rings. The Balaban J connectivity index is 2.04. The molecule has 0 saturated carbocycles. The number of hydrogen-bond acceptors (Lipinski definition) is 3. The second-order valence-corrected chi connectivity index (χ2v) is 4.30. The quantitative estimate of drug-likeness (QED) is 0.819. The lowest BCUT2D eigenvalue weighted by molar-refractivity contribution is -0.125. The predicted molar refractivity (Wildman–Crippen MR) is 69.2 cm³/mol. The van der Waals surface area contributed by atoms with Crippen molar-refractivity contribution in [2.45, 2.75) is 12.5 Å². The van der Waals surface area contributed by atoms with Gasteiger partial charge in [-0.2, -0.15) is 0 Å². The minimum absolute atomic E-state index is 0.0718. The molecule has 18 heavy (non-hydrogen) atoms. The number of amides is 1. The van der Waals surface area contributed by atoms with E-state index in [0.717, 1.165) is 11.3 Å². The van der Waals surface area contributed by atoms with E-state index in [9.17, 15) is 9.90 Å². The molecule has 1 heterocycles. The Kier molecular flexibility index (Phi) is 3.99. The number of para-hydroxylation sites is 1. The van der Waals surface area contributed by atoms with Crippen LogP contribution in [0, 0.1) is 0 Å². The summed E-state index contributed by atoms with van der Waals surface area (Å²) in [6.45, 7) is 1.05. The topological polar surface area (TPSA) is 49.8 Å². The van der Waals surface area contributed by atoms with Gasteiger partial charge in [-0.15, -0.1) is 0 Å². The maximum Gasteiger partial charge on any atom is 0.246 e. The van der Waals surface area contributed by atoms with Crippen LogP contribution in [0.2, 0.25) is 0 Å². The van der Waals surface area contributed by atoms with Crippen LogP contribution in [0.15, 0.2) is 30.3 Å². The monoisotopic (exact) mass is 247 g/mol. The molecule has 1 amide bonds. The molecule has 0 unspecified atom stereocenters. The molecule has 2 rings (SSSR count). The summed E-state index contributed by atoms with van der Waals surface area (Å²) in [6, 6.07) is 7.52. The Hall–Kier alpha value is -1.81. The summed E-state index contributed by atoms with van der Waals surface area (Å²) < 4.78 is 5.20. The van der Waals surface area contributed by atoms with Crippen LogP contribution in [0.25, 0.3) is 6.08 Å². The SMILES string of the molecule is COc1ccccc1/C=C/C(=O)N1CC[C@H](O)C1. The Morgan fingerprint density at radius 1 is 1.50 bits per heavy atom. The molecule has 1 saturated heterocycles. The van der Waals surface area contributed by atoms with Crippen molar-refractivity contribution < 1.29 is 14.6 Å². The van der Waals surface area contributed by atoms with Crippen molar-refractivity contribution in [3.8, 4) is 5.75 Å². The Morgan fingerprint density at radius 2 is 2.28 bits per heavy atom. The summed E-state index contributed by atoms with van der Waals surface area (Å²) in [5.74, 6) is 0.667. The van der Waals surface area contributed by atoms with Gasteiger partial charge in [-0.3, -0.25) is 4.79 Å². The normalized spacial score (nSPS) is 19.4. The van der Waals surface area contributed by atoms with Crippen molar-refractivity contribution in [3.63, 3.8) is 0 Å². The van der Waals surface area contributed by atoms with Crippen LogP contribution in [-0.4, -0.2) is 42.2 Å². The lowest BCUT2D eigenvalue weighted by atomic mass is 10.2. The molecule has 1 fully saturated rings. The average molecular weight is 247 g/mol. The fraction of sp³-hybridized carbons (Fsp3) is 0.357. The van der Waals surface area contributed by atoms with E-state index in [0.29, 0.717) is 19.5 Å². The Morgan fingerprint density at radius 3 is 2.94 bits per heavy atom. The van der Waals surface area contributed by atoms with Crippen molar-refractivity contribution in [2.75, 3.05) is 20.2 Å². The molecule has 1 aromatic carbocycles. The predicted octanol–water partition coefficient (Wildman–Crippen LogP) is 1.30. The van der Waals surface area contributed by atoms with Crippen molar-refractivity contribution in [1.29, 1.82) is 0 Å². The summed E-state index contributed by atoms with van der Waals surface area (Å²) in [7, 11) is 1.60. The molecule has 0 aromatic heterocycles. The highest BCUT2D eigenvalue weighted by Gasteiger charge is 2.22. The maximum absolute atomic E-state index is 11.9. The van der Waals surface area contributed by atoms with E-state index in [1.165, 1.54) is 6.08 Å². The number of rotatable bonds is 3. The fourth-order valence-electron chi connectivity index (χ4n) is 2.01. The average Bonchev–Trinajstić information content (AvgIpc) is 2.83. The number of β-amino-alcohol motifs (C(OH)–C–C–N with tert-alkyl or cyclic N) is 1. The summed E-state index contributed by atoms with van der Waals surface area (Å²) >= 11 is 0. The second kappa shape index (κ2) is 5.69. The van der Waals surface area contributed by atoms with E-state index in [1.807, 2.05) is 24.3 Å². The van der Waals surface area contributed by atoms with Gasteiger partial charge in [-0.25, -0.2) is 0 Å². The molecule has 1 atom stereocenters. The van der Waals surface area contributed by atoms with Gasteiger partial charge in [0.05, 0.1) is 13.2 Å². The number of nitrogens with zero attached hydrogens (tertiary/aromatic N) is 1. The first kappa shape index (κ1) is 12.6. The summed E-state index contributed by atoms with van der Waals surface area (Å²) in [5, 5.41) is 9.38. The Labute approximate surface area is 106 Å². The molecule has 4 heteroatoms. The van der Waals surface area contributed by atoms with Gasteiger partial charge >= 0.3 is 0 Å². The summed E-state index contributed by atoms with van der Waals surface area (Å²) in [5.41, 5.74) is 0.869. The number of aliphatic hydroxyl groups excluding tert-OH is 1. The first-order valence-electron chi connectivity index (χ1n) is 5.99. The molecule has 0 bridgehead atoms. The van der Waals surface area contributed by atoms with E-state index in [-0.39, 0.29) is 12.0 Å². The van der Waals surface area contributed by atoms with Gasteiger partial charge in [0.25, 0.3) is 0 Å². The van der Waals surface area contributed by atoms with Crippen molar-refractivity contribution >= 4 is 12.0 Å². The van der Waals surface area contributed by atoms with E-state index in [1.54, 1.807) is 18.1 Å². The molecular formula is C14H17NO3. The van der Waals surface area contributed by atoms with Crippen LogP contribution in [0.3, 0.4) is 0 Å². The molecule has 96 valence electrons. The zero-order valence-electron chi connectivity index (χ0n) is 10.4. The molecule has 4 nitrogen and oxygen atoms in total. The lowest BCUT2D eigenvalue weighted by Gasteiger charge is -2.12. The number of benzene rings is 1. The largest absolute Gasteiger partial charge is 0.496 e. The zero-order chi connectivity index (χ0) is 13.0. The highest BCUT2D eigenvalue weighted by molar-refractivity contribution is 5.92. The zero-order valence-corrected chi connectivity index (χ0v) is 10.4. The van der Waals surface area contributed by atoms with Crippen molar-refractivity contribution in [1.82, 2.24) is 4.90 Å². The van der Waals surface area contributed by atoms with Gasteiger partial charge in [0.15, 0.2) is 0 Å². The van der Waals surface area contributed by atoms with Crippen molar-refractivity contribution in [2.24, 2.45) is 0 Å². The molecule has 0 spiro atoms. The fourth-order valence-corrected chi connectivity index (χ4v) is 2.01. The van der Waals surface area contributed by atoms with E-state index in [2.05, 4.69) is 0 Å². The van der Waals surface area contributed by atoms with Crippen molar-refractivity contribution in [3.05, 3.63) is 35.9 Å². The lowest BCUT2D eigenvalue weighted by Crippen LogP contribution is -2.27. The minimum Gasteiger partial charge on any atom is -0.496 e. The molecule has 1 N–H and O–H groups in total. The van der Waals surface area contributed by atoms with Gasteiger partial charge < -0.3 is 14.7 Å². The summed E-state index contributed by atoms with van der Waals surface area (Å²) in [6.07, 6.45) is 3.55. The third-order valence-electron chi connectivity index (χ3n) is 3.02. The molecule has 1 aromatic rings. The van der Waals surface area contributed by atoms with Crippen LogP contribution in [0.1, 0.15) is 12.0 Å². The first-order valence-corrected chi connectivity index (χ1v) is 5.99. The highest BCUT2D eigenvalue weighted by Crippen LogP contribution is 2.19. The highest BCUT2D eigenvalue weighted by atomic mass is 16.5. The standard InChI is InChI=1S/C14H17NO3/c1-18-13-5-3-2-4-11(13)6-7-14(17)15-9-8-12(16)10-15/h2-7,12,16H,8-10H2,1H3/b7-6+/t12-/m0/s1. The van der Waals surface area contributed by atoms with Gasteiger partial charge in [-0.1, -0.05) is 18.2 Å². The van der Waals surface area contributed by atoms with Gasteiger partial charge in [0, 0.05) is 24.7 Å². The first-order chi connectivity index (χ1) is 8.70. The number of carbonyl (C=O) groups is 1. The van der Waals surface area contributed by atoms with Crippen LogP contribution in [-0.2, 0) is 4.79 Å². The summed E-state index contributed by atoms with van der Waals surface area (Å²) in [4.78, 5) is 13.5.